The van der Waals surface area contributed by atoms with Crippen molar-refractivity contribution in [1.29, 1.82) is 0 Å². The van der Waals surface area contributed by atoms with E-state index in [0.29, 0.717) is 0 Å². The van der Waals surface area contributed by atoms with Crippen molar-refractivity contribution in [3.05, 3.63) is 35.9 Å². The van der Waals surface area contributed by atoms with Gasteiger partial charge in [-0.15, -0.1) is 0 Å². The van der Waals surface area contributed by atoms with Crippen LogP contribution in [0.15, 0.2) is 30.3 Å². The first-order chi connectivity index (χ1) is 9.65. The van der Waals surface area contributed by atoms with Gasteiger partial charge in [-0.05, 0) is 44.3 Å². The van der Waals surface area contributed by atoms with Crippen molar-refractivity contribution in [3.8, 4) is 0 Å². The van der Waals surface area contributed by atoms with Crippen LogP contribution in [0.1, 0.15) is 12.0 Å². The molecule has 1 heterocycles. The van der Waals surface area contributed by atoms with Crippen LogP contribution in [0.25, 0.3) is 6.08 Å². The van der Waals surface area contributed by atoms with Crippen LogP contribution in [0, 0.1) is 0 Å². The van der Waals surface area contributed by atoms with Crippen molar-refractivity contribution >= 4 is 11.8 Å². The molecule has 3 heteroatoms. The lowest BCUT2D eigenvalue weighted by Crippen LogP contribution is -2.28. The maximum atomic E-state index is 2.54. The number of hydrogen-bond donors (Lipinski definition) is 0. The highest BCUT2D eigenvalue weighted by atomic mass is 15.2. The van der Waals surface area contributed by atoms with E-state index in [0.717, 1.165) is 6.54 Å². The van der Waals surface area contributed by atoms with Crippen molar-refractivity contribution < 1.29 is 0 Å². The standard InChI is InChI=1S/C17H27N3/c1-18(2)17-9-7-16(8-10-17)6-4-12-20-13-5-11-19(3)14-15-20/h4,6-10H,5,11-15H2,1-3H3. The van der Waals surface area contributed by atoms with E-state index in [9.17, 15) is 0 Å². The lowest BCUT2D eigenvalue weighted by atomic mass is 10.2. The second kappa shape index (κ2) is 7.46. The fourth-order valence-electron chi connectivity index (χ4n) is 2.50. The van der Waals surface area contributed by atoms with Crippen molar-refractivity contribution in [2.24, 2.45) is 0 Å². The van der Waals surface area contributed by atoms with Crippen LogP contribution < -0.4 is 4.90 Å². The summed E-state index contributed by atoms with van der Waals surface area (Å²) in [6.07, 6.45) is 5.80. The van der Waals surface area contributed by atoms with Crippen LogP contribution in [0.2, 0.25) is 0 Å². The molecule has 1 aliphatic heterocycles. The molecule has 0 aliphatic carbocycles. The molecule has 1 aliphatic rings. The number of likely N-dealkylation sites (N-methyl/N-ethyl adjacent to an activating group) is 1. The third-order valence-electron chi connectivity index (χ3n) is 3.90. The SMILES string of the molecule is CN1CCCN(CC=Cc2ccc(N(C)C)cc2)CC1. The highest BCUT2D eigenvalue weighted by Gasteiger charge is 2.09. The molecule has 0 bridgehead atoms. The minimum absolute atomic E-state index is 1.06. The van der Waals surface area contributed by atoms with E-state index in [1.165, 1.54) is 43.9 Å². The Morgan fingerprint density at radius 2 is 1.80 bits per heavy atom. The summed E-state index contributed by atoms with van der Waals surface area (Å²) in [5, 5.41) is 0. The van der Waals surface area contributed by atoms with Gasteiger partial charge in [0.15, 0.2) is 0 Å². The second-order valence-electron chi connectivity index (χ2n) is 5.85. The smallest absolute Gasteiger partial charge is 0.0361 e. The molecule has 3 nitrogen and oxygen atoms in total. The predicted octanol–water partition coefficient (Wildman–Crippen LogP) is 2.40. The van der Waals surface area contributed by atoms with Crippen molar-refractivity contribution in [2.45, 2.75) is 6.42 Å². The Labute approximate surface area is 123 Å². The van der Waals surface area contributed by atoms with E-state index in [1.807, 2.05) is 0 Å². The monoisotopic (exact) mass is 273 g/mol. The van der Waals surface area contributed by atoms with Crippen LogP contribution in [0.5, 0.6) is 0 Å². The van der Waals surface area contributed by atoms with Gasteiger partial charge in [-0.1, -0.05) is 24.3 Å². The second-order valence-corrected chi connectivity index (χ2v) is 5.85. The largest absolute Gasteiger partial charge is 0.378 e. The zero-order chi connectivity index (χ0) is 14.4. The first-order valence-electron chi connectivity index (χ1n) is 7.50. The number of hydrogen-bond acceptors (Lipinski definition) is 3. The van der Waals surface area contributed by atoms with E-state index < -0.39 is 0 Å². The molecule has 110 valence electrons. The van der Waals surface area contributed by atoms with Gasteiger partial charge in [0.1, 0.15) is 0 Å². The summed E-state index contributed by atoms with van der Waals surface area (Å²) in [5.74, 6) is 0. The van der Waals surface area contributed by atoms with E-state index >= 15 is 0 Å². The highest BCUT2D eigenvalue weighted by molar-refractivity contribution is 5.55. The molecule has 0 atom stereocenters. The van der Waals surface area contributed by atoms with Gasteiger partial charge in [-0.2, -0.15) is 0 Å². The van der Waals surface area contributed by atoms with Crippen LogP contribution >= 0.6 is 0 Å². The van der Waals surface area contributed by atoms with Crippen LogP contribution in [-0.2, 0) is 0 Å². The lowest BCUT2D eigenvalue weighted by molar-refractivity contribution is 0.300. The zero-order valence-electron chi connectivity index (χ0n) is 13.0. The Balaban J connectivity index is 1.83. The zero-order valence-corrected chi connectivity index (χ0v) is 13.0. The number of rotatable bonds is 4. The van der Waals surface area contributed by atoms with Crippen molar-refractivity contribution in [3.63, 3.8) is 0 Å². The van der Waals surface area contributed by atoms with Gasteiger partial charge in [0.25, 0.3) is 0 Å². The summed E-state index contributed by atoms with van der Waals surface area (Å²) in [4.78, 5) is 7.08. The molecular formula is C17H27N3. The third-order valence-corrected chi connectivity index (χ3v) is 3.90. The number of anilines is 1. The molecule has 0 radical (unpaired) electrons. The topological polar surface area (TPSA) is 9.72 Å². The molecule has 1 saturated heterocycles. The fourth-order valence-corrected chi connectivity index (χ4v) is 2.50. The van der Waals surface area contributed by atoms with Crippen molar-refractivity contribution in [1.82, 2.24) is 9.80 Å². The molecule has 1 aromatic carbocycles. The Hall–Kier alpha value is -1.32. The van der Waals surface area contributed by atoms with Gasteiger partial charge in [0.05, 0.1) is 0 Å². The van der Waals surface area contributed by atoms with E-state index in [4.69, 9.17) is 0 Å². The normalized spacial score (nSPS) is 18.4. The molecule has 0 saturated carbocycles. The molecule has 2 rings (SSSR count). The summed E-state index contributed by atoms with van der Waals surface area (Å²) < 4.78 is 0. The minimum atomic E-state index is 1.06. The Bertz CT molecular complexity index is 422. The number of benzene rings is 1. The summed E-state index contributed by atoms with van der Waals surface area (Å²) in [5.41, 5.74) is 2.53. The summed E-state index contributed by atoms with van der Waals surface area (Å²) in [7, 11) is 6.36. The molecule has 0 spiro atoms. The van der Waals surface area contributed by atoms with Gasteiger partial charge in [0.2, 0.25) is 0 Å². The lowest BCUT2D eigenvalue weighted by Gasteiger charge is -2.17. The molecule has 0 aromatic heterocycles. The van der Waals surface area contributed by atoms with Gasteiger partial charge in [-0.3, -0.25) is 4.90 Å². The minimum Gasteiger partial charge on any atom is -0.378 e. The Kier molecular flexibility index (Phi) is 5.62. The van der Waals surface area contributed by atoms with E-state index in [2.05, 4.69) is 72.3 Å². The summed E-state index contributed by atoms with van der Waals surface area (Å²) >= 11 is 0. The van der Waals surface area contributed by atoms with Gasteiger partial charge in [0, 0.05) is 39.4 Å². The highest BCUT2D eigenvalue weighted by Crippen LogP contribution is 2.13. The first-order valence-corrected chi connectivity index (χ1v) is 7.50. The molecule has 1 fully saturated rings. The maximum Gasteiger partial charge on any atom is 0.0361 e. The summed E-state index contributed by atoms with van der Waals surface area (Å²) in [6, 6.07) is 8.70. The van der Waals surface area contributed by atoms with Crippen LogP contribution in [-0.4, -0.2) is 63.7 Å². The average molecular weight is 273 g/mol. The maximum absolute atomic E-state index is 2.54. The quantitative estimate of drug-likeness (QED) is 0.834. The van der Waals surface area contributed by atoms with E-state index in [1.54, 1.807) is 0 Å². The van der Waals surface area contributed by atoms with Gasteiger partial charge < -0.3 is 9.80 Å². The van der Waals surface area contributed by atoms with Crippen LogP contribution in [0.3, 0.4) is 0 Å². The number of nitrogens with zero attached hydrogens (tertiary/aromatic N) is 3. The third kappa shape index (κ3) is 4.66. The molecular weight excluding hydrogens is 246 g/mol. The predicted molar refractivity (Wildman–Crippen MR) is 88.4 cm³/mol. The average Bonchev–Trinajstić information content (AvgIpc) is 2.64. The van der Waals surface area contributed by atoms with Gasteiger partial charge >= 0.3 is 0 Å². The van der Waals surface area contributed by atoms with Gasteiger partial charge in [-0.25, -0.2) is 0 Å². The van der Waals surface area contributed by atoms with E-state index in [-0.39, 0.29) is 0 Å². The molecule has 1 aromatic rings. The van der Waals surface area contributed by atoms with Crippen molar-refractivity contribution in [2.75, 3.05) is 58.8 Å². The molecule has 20 heavy (non-hydrogen) atoms. The molecule has 0 N–H and O–H groups in total. The summed E-state index contributed by atoms with van der Waals surface area (Å²) in [6.45, 7) is 5.87. The van der Waals surface area contributed by atoms with Crippen LogP contribution in [0.4, 0.5) is 5.69 Å². The Morgan fingerprint density at radius 1 is 1.05 bits per heavy atom. The molecule has 0 amide bonds. The fraction of sp³-hybridized carbons (Fsp3) is 0.529. The first kappa shape index (κ1) is 15.1. The Morgan fingerprint density at radius 3 is 2.50 bits per heavy atom. The molecule has 0 unspecified atom stereocenters.